The maximum absolute atomic E-state index is 12.0. The van der Waals surface area contributed by atoms with Gasteiger partial charge in [0, 0.05) is 0 Å². The number of phosphoric acid groups is 1. The molecule has 5 atom stereocenters. The Bertz CT molecular complexity index is 760. The van der Waals surface area contributed by atoms with Crippen molar-refractivity contribution in [1.82, 2.24) is 15.0 Å². The van der Waals surface area contributed by atoms with Crippen LogP contribution in [0.5, 0.6) is 0 Å². The lowest BCUT2D eigenvalue weighted by atomic mass is 10.1. The molecular weight excluding hydrogens is 347 g/mol. The second-order valence-electron chi connectivity index (χ2n) is 5.27. The normalized spacial score (nSPS) is 37.5. The van der Waals surface area contributed by atoms with Crippen molar-refractivity contribution in [3.05, 3.63) is 10.4 Å². The van der Waals surface area contributed by atoms with Crippen LogP contribution in [0.1, 0.15) is 0 Å². The van der Waals surface area contributed by atoms with E-state index in [4.69, 9.17) is 19.5 Å². The number of quaternary nitrogens is 1. The summed E-state index contributed by atoms with van der Waals surface area (Å²) in [7, 11) is -3.84. The molecule has 14 heteroatoms. The van der Waals surface area contributed by atoms with Gasteiger partial charge in [-0.25, -0.2) is 0 Å². The number of fused-ring (bicyclic) bond motifs is 2. The van der Waals surface area contributed by atoms with Crippen LogP contribution in [0.25, 0.3) is 0 Å². The van der Waals surface area contributed by atoms with E-state index >= 15 is 0 Å². The van der Waals surface area contributed by atoms with Gasteiger partial charge in [-0.2, -0.15) is 24.8 Å². The van der Waals surface area contributed by atoms with Crippen molar-refractivity contribution in [3.8, 4) is 0 Å². The van der Waals surface area contributed by atoms with Gasteiger partial charge in [0.05, 0.1) is 0 Å². The number of hydrogen-bond acceptors (Lipinski definition) is 11. The molecule has 4 rings (SSSR count). The van der Waals surface area contributed by atoms with Crippen molar-refractivity contribution in [2.45, 2.75) is 24.5 Å². The van der Waals surface area contributed by atoms with Crippen molar-refractivity contribution < 1.29 is 34.3 Å². The van der Waals surface area contributed by atoms with Crippen LogP contribution in [0, 0.1) is 0 Å². The number of nitrogen functional groups attached to an aromatic ring is 1. The molecule has 129 valence electrons. The molecule has 2 saturated heterocycles. The van der Waals surface area contributed by atoms with Crippen molar-refractivity contribution in [2.75, 3.05) is 17.2 Å². The number of rotatable bonds is 2. The fraction of sp³-hybridized carbons (Fsp3) is 0.500. The number of H-pyrrole nitrogens is 1. The lowest BCUT2D eigenvalue weighted by Crippen LogP contribution is -2.54. The van der Waals surface area contributed by atoms with E-state index in [1.807, 2.05) is 0 Å². The van der Waals surface area contributed by atoms with E-state index in [-0.39, 0.29) is 24.1 Å². The summed E-state index contributed by atoms with van der Waals surface area (Å²) in [4.78, 5) is 35.5. The van der Waals surface area contributed by atoms with Gasteiger partial charge in [-0.1, -0.05) is 0 Å². The predicted octanol–water partition coefficient (Wildman–Crippen LogP) is -4.12. The number of aromatic nitrogens is 2. The number of ether oxygens (including phenoxy) is 1. The largest absolute Gasteiger partial charge is 0.601 e. The number of anilines is 2. The minimum atomic E-state index is -3.84. The molecule has 7 N–H and O–H groups in total. The number of hydrogen-bond donors (Lipinski definition) is 4. The van der Waals surface area contributed by atoms with Crippen molar-refractivity contribution in [3.63, 3.8) is 0 Å². The number of aliphatic hydroxyl groups excluding tert-OH is 1. The Hall–Kier alpha value is -1.70. The molecule has 1 unspecified atom stereocenters. The van der Waals surface area contributed by atoms with E-state index in [9.17, 15) is 14.8 Å². The Morgan fingerprint density at radius 2 is 2.46 bits per heavy atom. The first-order chi connectivity index (χ1) is 11.4. The van der Waals surface area contributed by atoms with Gasteiger partial charge in [0.2, 0.25) is 12.2 Å². The van der Waals surface area contributed by atoms with Crippen LogP contribution >= 0.6 is 8.17 Å². The highest BCUT2D eigenvalue weighted by molar-refractivity contribution is 7.53. The average Bonchev–Trinajstić information content (AvgIpc) is 3.09. The third-order valence-corrected chi connectivity index (χ3v) is 5.12. The van der Waals surface area contributed by atoms with Gasteiger partial charge in [0.1, 0.15) is 12.7 Å². The predicted molar refractivity (Wildman–Crippen MR) is 76.0 cm³/mol. The number of aromatic amines is 1. The van der Waals surface area contributed by atoms with Crippen LogP contribution in [-0.4, -0.2) is 52.6 Å². The molecule has 3 aliphatic heterocycles. The van der Waals surface area contributed by atoms with E-state index in [1.54, 1.807) is 0 Å². The first kappa shape index (κ1) is 15.8. The Morgan fingerprint density at radius 3 is 3.21 bits per heavy atom. The quantitative estimate of drug-likeness (QED) is 0.296. The van der Waals surface area contributed by atoms with Gasteiger partial charge < -0.3 is 20.5 Å². The summed E-state index contributed by atoms with van der Waals surface area (Å²) in [5, 5.41) is 10.5. The smallest absolute Gasteiger partial charge is 0.449 e. The molecule has 1 radical (unpaired) electrons. The number of aliphatic hydroxyl groups is 1. The Balaban J connectivity index is 1.62. The third-order valence-electron chi connectivity index (χ3n) is 3.84. The van der Waals surface area contributed by atoms with E-state index in [0.29, 0.717) is 0 Å². The molecule has 1 aromatic heterocycles. The lowest BCUT2D eigenvalue weighted by Gasteiger charge is -2.30. The topological polar surface area (TPSA) is 197 Å². The van der Waals surface area contributed by atoms with Crippen LogP contribution in [0.4, 0.5) is 17.5 Å². The summed E-state index contributed by atoms with van der Waals surface area (Å²) in [6, 6.07) is 0. The molecule has 0 aliphatic carbocycles. The third kappa shape index (κ3) is 2.30. The van der Waals surface area contributed by atoms with Gasteiger partial charge >= 0.3 is 19.4 Å². The average molecular weight is 361 g/mol. The monoisotopic (exact) mass is 361 g/mol. The molecule has 0 spiro atoms. The van der Waals surface area contributed by atoms with Crippen LogP contribution in [0.3, 0.4) is 0 Å². The molecule has 0 bridgehead atoms. The number of nitrogens with one attached hydrogen (secondary N) is 1. The molecule has 13 nitrogen and oxygen atoms in total. The van der Waals surface area contributed by atoms with Gasteiger partial charge in [0.15, 0.2) is 12.2 Å². The maximum Gasteiger partial charge on any atom is 0.449 e. The number of nitrogens with zero attached hydrogens (tertiary/aromatic N) is 3. The number of nitrogens with two attached hydrogens (primary N) is 1. The van der Waals surface area contributed by atoms with E-state index < -0.39 is 38.3 Å². The zero-order valence-electron chi connectivity index (χ0n) is 12.1. The molecule has 24 heavy (non-hydrogen) atoms. The van der Waals surface area contributed by atoms with Crippen LogP contribution in [0.15, 0.2) is 4.79 Å². The Labute approximate surface area is 134 Å². The Kier molecular flexibility index (Phi) is 3.56. The van der Waals surface area contributed by atoms with Gasteiger partial charge in [-0.05, 0) is 9.62 Å². The van der Waals surface area contributed by atoms with Gasteiger partial charge in [-0.3, -0.25) is 9.78 Å². The Morgan fingerprint density at radius 1 is 1.67 bits per heavy atom. The molecule has 0 amide bonds. The van der Waals surface area contributed by atoms with E-state index in [0.717, 1.165) is 0 Å². The van der Waals surface area contributed by atoms with Crippen LogP contribution in [0.2, 0.25) is 0 Å². The zero-order valence-corrected chi connectivity index (χ0v) is 13.0. The van der Waals surface area contributed by atoms with Crippen molar-refractivity contribution in [1.29, 1.82) is 0 Å². The first-order valence-corrected chi connectivity index (χ1v) is 8.30. The molecule has 1 aromatic rings. The molecular formula is C10H14N6O7P+2. The van der Waals surface area contributed by atoms with Crippen molar-refractivity contribution >= 4 is 32.0 Å². The minimum absolute atomic E-state index is 0.0406. The van der Waals surface area contributed by atoms with E-state index in [2.05, 4.69) is 25.5 Å². The summed E-state index contributed by atoms with van der Waals surface area (Å²) in [6.07, 6.45) is -2.59. The second kappa shape index (κ2) is 5.40. The standard InChI is InChI=1S/C10H13N6O7P/c11-10-14-7-4(8(18)15-10)13-2-16(7)9-5(17)6-3(21-9)1-20-24(19,22-6)23-12/h2-3,5-6,9,17H,1H2,12H3,(H2-,11,14,15,18)/q+1/p+1/t3-,5-,6-,9-,24?/m1/s1. The van der Waals surface area contributed by atoms with Crippen LogP contribution in [-0.2, 0) is 18.4 Å². The summed E-state index contributed by atoms with van der Waals surface area (Å²) in [5.74, 6) is 3.07. The highest BCUT2D eigenvalue weighted by Crippen LogP contribution is 2.57. The SMILES string of the molecule is Nc1nc2c(c(=O)[nH]1)[N+]=CN2[C@@H]1O[C@@H]2CO[P+]([O-])(O[NH3+])O[C@H]2[C@H]1O. The fourth-order valence-corrected chi connectivity index (χ4v) is 3.84. The molecule has 3 aliphatic rings. The van der Waals surface area contributed by atoms with Gasteiger partial charge in [0.25, 0.3) is 12.2 Å². The second-order valence-corrected chi connectivity index (χ2v) is 6.89. The lowest BCUT2D eigenvalue weighted by molar-refractivity contribution is -0.657. The van der Waals surface area contributed by atoms with E-state index in [1.165, 1.54) is 11.2 Å². The number of phosphoric ester groups is 1. The highest BCUT2D eigenvalue weighted by atomic mass is 31.2. The summed E-state index contributed by atoms with van der Waals surface area (Å²) < 4.78 is 20.3. The molecule has 2 fully saturated rings. The maximum atomic E-state index is 12.0. The molecule has 0 saturated carbocycles. The highest BCUT2D eigenvalue weighted by Gasteiger charge is 2.61. The molecule has 0 aromatic carbocycles. The minimum Gasteiger partial charge on any atom is -0.601 e. The number of aliphatic imine (C=N–C) groups is 1. The van der Waals surface area contributed by atoms with Gasteiger partial charge in [-0.15, -0.1) is 0 Å². The zero-order chi connectivity index (χ0) is 17.1. The summed E-state index contributed by atoms with van der Waals surface area (Å²) in [5.41, 5.74) is 5.06. The first-order valence-electron chi connectivity index (χ1n) is 6.84. The summed E-state index contributed by atoms with van der Waals surface area (Å²) >= 11 is 0. The molecule has 4 heterocycles. The van der Waals surface area contributed by atoms with Crippen molar-refractivity contribution in [2.24, 2.45) is 0 Å². The fourth-order valence-electron chi connectivity index (χ4n) is 2.75. The summed E-state index contributed by atoms with van der Waals surface area (Å²) in [6.45, 7) is -0.117. The van der Waals surface area contributed by atoms with Crippen LogP contribution < -0.4 is 32.0 Å².